The second-order valence-electron chi connectivity index (χ2n) is 6.76. The van der Waals surface area contributed by atoms with Crippen LogP contribution in [0.3, 0.4) is 0 Å². The summed E-state index contributed by atoms with van der Waals surface area (Å²) in [6, 6.07) is 13.8. The lowest BCUT2D eigenvalue weighted by atomic mass is 10.00. The van der Waals surface area contributed by atoms with Gasteiger partial charge in [-0.15, -0.1) is 0 Å². The molecule has 0 bridgehead atoms. The molecule has 3 rings (SSSR count). The van der Waals surface area contributed by atoms with Crippen molar-refractivity contribution in [1.29, 1.82) is 0 Å². The van der Waals surface area contributed by atoms with Crippen LogP contribution in [0.25, 0.3) is 10.8 Å². The normalized spacial score (nSPS) is 19.7. The highest BCUT2D eigenvalue weighted by Gasteiger charge is 2.43. The van der Waals surface area contributed by atoms with E-state index in [9.17, 15) is 9.59 Å². The van der Waals surface area contributed by atoms with E-state index in [4.69, 9.17) is 9.47 Å². The maximum Gasteiger partial charge on any atom is 0.417 e. The van der Waals surface area contributed by atoms with Crippen molar-refractivity contribution in [1.82, 2.24) is 4.90 Å². The third-order valence-electron chi connectivity index (χ3n) is 4.77. The highest BCUT2D eigenvalue weighted by Crippen LogP contribution is 2.32. The quantitative estimate of drug-likeness (QED) is 0.485. The van der Waals surface area contributed by atoms with Gasteiger partial charge in [0.2, 0.25) is 5.91 Å². The Morgan fingerprint density at radius 2 is 1.92 bits per heavy atom. The Morgan fingerprint density at radius 1 is 1.23 bits per heavy atom. The number of benzene rings is 2. The molecule has 0 aromatic heterocycles. The van der Waals surface area contributed by atoms with Gasteiger partial charge >= 0.3 is 6.09 Å². The topological polar surface area (TPSA) is 55.8 Å². The highest BCUT2D eigenvalue weighted by molar-refractivity contribution is 14.1. The van der Waals surface area contributed by atoms with Gasteiger partial charge in [-0.1, -0.05) is 72.8 Å². The Kier molecular flexibility index (Phi) is 5.82. The molecule has 2 aromatic rings. The SMILES string of the molecule is CO[C@@H](c1ccc2ccccc2c1)[C@H](I)C(=O)N1C(=O)OC[C@@H]1C(C)C. The van der Waals surface area contributed by atoms with E-state index < -0.39 is 16.1 Å². The molecule has 0 spiro atoms. The number of nitrogens with zero attached hydrogens (tertiary/aromatic N) is 1. The standard InChI is InChI=1S/C20H22INO4/c1-12(2)16-11-26-20(24)22(16)19(23)17(21)18(25-3)15-9-8-13-6-4-5-7-14(13)10-15/h4-10,12,16-18H,11H2,1-3H3/t16-,17+,18+/m1/s1. The van der Waals surface area contributed by atoms with Crippen molar-refractivity contribution >= 4 is 45.4 Å². The first-order chi connectivity index (χ1) is 12.4. The molecule has 5 nitrogen and oxygen atoms in total. The van der Waals surface area contributed by atoms with Gasteiger partial charge in [-0.3, -0.25) is 4.79 Å². The molecule has 6 heteroatoms. The Labute approximate surface area is 166 Å². The van der Waals surface area contributed by atoms with Crippen LogP contribution < -0.4 is 0 Å². The van der Waals surface area contributed by atoms with Gasteiger partial charge in [-0.05, 0) is 28.3 Å². The summed E-state index contributed by atoms with van der Waals surface area (Å²) in [5.41, 5.74) is 0.910. The van der Waals surface area contributed by atoms with Gasteiger partial charge in [0, 0.05) is 7.11 Å². The highest BCUT2D eigenvalue weighted by atomic mass is 127. The molecule has 0 saturated carbocycles. The van der Waals surface area contributed by atoms with Crippen LogP contribution >= 0.6 is 22.6 Å². The lowest BCUT2D eigenvalue weighted by Crippen LogP contribution is -2.46. The van der Waals surface area contributed by atoms with Crippen molar-refractivity contribution < 1.29 is 19.1 Å². The van der Waals surface area contributed by atoms with E-state index in [1.807, 2.05) is 56.3 Å². The van der Waals surface area contributed by atoms with Crippen LogP contribution in [0.2, 0.25) is 0 Å². The third-order valence-corrected chi connectivity index (χ3v) is 5.96. The van der Waals surface area contributed by atoms with E-state index in [2.05, 4.69) is 22.6 Å². The predicted octanol–water partition coefficient (Wildman–Crippen LogP) is 4.33. The van der Waals surface area contributed by atoms with E-state index >= 15 is 0 Å². The summed E-state index contributed by atoms with van der Waals surface area (Å²) < 4.78 is 10.2. The van der Waals surface area contributed by atoms with Crippen molar-refractivity contribution in [2.24, 2.45) is 5.92 Å². The smallest absolute Gasteiger partial charge is 0.417 e. The van der Waals surface area contributed by atoms with Gasteiger partial charge < -0.3 is 9.47 Å². The number of fused-ring (bicyclic) bond motifs is 1. The number of carbonyl (C=O) groups excluding carboxylic acids is 2. The fraction of sp³-hybridized carbons (Fsp3) is 0.400. The van der Waals surface area contributed by atoms with Gasteiger partial charge in [0.25, 0.3) is 0 Å². The molecule has 1 fully saturated rings. The van der Waals surface area contributed by atoms with Crippen LogP contribution in [-0.2, 0) is 14.3 Å². The number of carbonyl (C=O) groups is 2. The van der Waals surface area contributed by atoms with E-state index in [1.165, 1.54) is 4.90 Å². The Hall–Kier alpha value is -1.67. The summed E-state index contributed by atoms with van der Waals surface area (Å²) in [6.07, 6.45) is -1.02. The van der Waals surface area contributed by atoms with Gasteiger partial charge in [0.15, 0.2) is 0 Å². The number of alkyl halides is 1. The van der Waals surface area contributed by atoms with Gasteiger partial charge in [-0.2, -0.15) is 0 Å². The maximum atomic E-state index is 13.0. The van der Waals surface area contributed by atoms with Crippen molar-refractivity contribution in [2.75, 3.05) is 13.7 Å². The first-order valence-electron chi connectivity index (χ1n) is 8.59. The zero-order chi connectivity index (χ0) is 18.8. The number of halogens is 1. The van der Waals surface area contributed by atoms with Crippen LogP contribution in [0.15, 0.2) is 42.5 Å². The number of amides is 2. The molecule has 26 heavy (non-hydrogen) atoms. The van der Waals surface area contributed by atoms with Gasteiger partial charge in [0.05, 0.1) is 6.04 Å². The Morgan fingerprint density at radius 3 is 2.58 bits per heavy atom. The number of methoxy groups -OCH3 is 1. The van der Waals surface area contributed by atoms with Crippen LogP contribution in [0.1, 0.15) is 25.5 Å². The van der Waals surface area contributed by atoms with Crippen LogP contribution in [0.4, 0.5) is 4.79 Å². The van der Waals surface area contributed by atoms with Crippen LogP contribution in [0.5, 0.6) is 0 Å². The molecule has 0 unspecified atom stereocenters. The molecular formula is C20H22INO4. The molecule has 2 amide bonds. The minimum Gasteiger partial charge on any atom is -0.447 e. The molecule has 0 aliphatic carbocycles. The Bertz CT molecular complexity index is 822. The summed E-state index contributed by atoms with van der Waals surface area (Å²) in [4.78, 5) is 26.4. The van der Waals surface area contributed by atoms with E-state index in [-0.39, 0.29) is 24.5 Å². The molecule has 0 N–H and O–H groups in total. The third kappa shape index (κ3) is 3.57. The van der Waals surface area contributed by atoms with Gasteiger partial charge in [-0.25, -0.2) is 9.69 Å². The second-order valence-corrected chi connectivity index (χ2v) is 8.10. The summed E-state index contributed by atoms with van der Waals surface area (Å²) in [5.74, 6) is -0.137. The first-order valence-corrected chi connectivity index (χ1v) is 9.84. The van der Waals surface area contributed by atoms with Crippen LogP contribution in [0, 0.1) is 5.92 Å². The van der Waals surface area contributed by atoms with E-state index in [1.54, 1.807) is 7.11 Å². The molecular weight excluding hydrogens is 445 g/mol. The molecule has 1 aliphatic heterocycles. The summed E-state index contributed by atoms with van der Waals surface area (Å²) in [6.45, 7) is 4.21. The number of hydrogen-bond donors (Lipinski definition) is 0. The van der Waals surface area contributed by atoms with Crippen molar-refractivity contribution in [2.45, 2.75) is 29.9 Å². The molecule has 3 atom stereocenters. The number of rotatable bonds is 5. The average Bonchev–Trinajstić information content (AvgIpc) is 3.03. The predicted molar refractivity (Wildman–Crippen MR) is 108 cm³/mol. The average molecular weight is 467 g/mol. The molecule has 2 aromatic carbocycles. The summed E-state index contributed by atoms with van der Waals surface area (Å²) in [5, 5.41) is 2.22. The number of imide groups is 1. The molecule has 1 saturated heterocycles. The minimum atomic E-state index is -0.566. The van der Waals surface area contributed by atoms with E-state index in [0.29, 0.717) is 0 Å². The molecule has 1 heterocycles. The first kappa shape index (κ1) is 19.1. The van der Waals surface area contributed by atoms with Crippen molar-refractivity contribution in [3.05, 3.63) is 48.0 Å². The lowest BCUT2D eigenvalue weighted by molar-refractivity contribution is -0.131. The molecule has 138 valence electrons. The summed E-state index contributed by atoms with van der Waals surface area (Å²) >= 11 is 2.07. The summed E-state index contributed by atoms with van der Waals surface area (Å²) in [7, 11) is 1.58. The fourth-order valence-electron chi connectivity index (χ4n) is 3.25. The van der Waals surface area contributed by atoms with Crippen molar-refractivity contribution in [3.63, 3.8) is 0 Å². The van der Waals surface area contributed by atoms with Gasteiger partial charge in [0.1, 0.15) is 16.6 Å². The van der Waals surface area contributed by atoms with Crippen molar-refractivity contribution in [3.8, 4) is 0 Å². The number of ether oxygens (including phenoxy) is 2. The zero-order valence-electron chi connectivity index (χ0n) is 15.0. The van der Waals surface area contributed by atoms with Crippen LogP contribution in [-0.4, -0.2) is 40.6 Å². The Balaban J connectivity index is 1.88. The minimum absolute atomic E-state index is 0.135. The number of cyclic esters (lactones) is 1. The largest absolute Gasteiger partial charge is 0.447 e. The fourth-order valence-corrected chi connectivity index (χ4v) is 4.26. The number of hydrogen-bond acceptors (Lipinski definition) is 4. The zero-order valence-corrected chi connectivity index (χ0v) is 17.2. The molecule has 0 radical (unpaired) electrons. The van der Waals surface area contributed by atoms with E-state index in [0.717, 1.165) is 16.3 Å². The molecule has 1 aliphatic rings. The second kappa shape index (κ2) is 7.92. The lowest BCUT2D eigenvalue weighted by Gasteiger charge is -2.28. The maximum absolute atomic E-state index is 13.0. The monoisotopic (exact) mass is 467 g/mol.